The molecule has 0 aromatic carbocycles. The zero-order valence-corrected chi connectivity index (χ0v) is 11.4. The van der Waals surface area contributed by atoms with E-state index in [1.54, 1.807) is 0 Å². The fourth-order valence-corrected chi connectivity index (χ4v) is 2.72. The number of hydrogen-bond donors (Lipinski definition) is 1. The van der Waals surface area contributed by atoms with E-state index in [1.165, 1.54) is 65.0 Å². The minimum atomic E-state index is 0.646. The molecule has 100 valence electrons. The van der Waals surface area contributed by atoms with Crippen molar-refractivity contribution in [3.63, 3.8) is 0 Å². The Morgan fingerprint density at radius 3 is 2.53 bits per heavy atom. The Morgan fingerprint density at radius 1 is 1.12 bits per heavy atom. The molecule has 1 unspecified atom stereocenters. The fraction of sp³-hybridized carbons (Fsp3) is 1.00. The van der Waals surface area contributed by atoms with Crippen LogP contribution in [0.5, 0.6) is 0 Å². The summed E-state index contributed by atoms with van der Waals surface area (Å²) in [5, 5.41) is 0. The van der Waals surface area contributed by atoms with Gasteiger partial charge in [-0.2, -0.15) is 0 Å². The standard InChI is InChI=1S/C14H29N3/c1-13(11-15)12-17-7-2-6-16(9-10-17)8-5-14-3-4-14/h13-14H,2-12,15H2,1H3. The van der Waals surface area contributed by atoms with Crippen molar-refractivity contribution in [2.75, 3.05) is 45.8 Å². The molecule has 0 aromatic heterocycles. The van der Waals surface area contributed by atoms with Gasteiger partial charge in [0.05, 0.1) is 0 Å². The molecular weight excluding hydrogens is 210 g/mol. The summed E-state index contributed by atoms with van der Waals surface area (Å²) in [6.45, 7) is 10.7. The Bertz CT molecular complexity index is 216. The Labute approximate surface area is 106 Å². The molecule has 1 atom stereocenters. The molecule has 2 fully saturated rings. The van der Waals surface area contributed by atoms with Gasteiger partial charge in [-0.3, -0.25) is 0 Å². The lowest BCUT2D eigenvalue weighted by Gasteiger charge is -2.24. The normalized spacial score (nSPS) is 25.8. The quantitative estimate of drug-likeness (QED) is 0.760. The highest BCUT2D eigenvalue weighted by Crippen LogP contribution is 2.32. The van der Waals surface area contributed by atoms with Crippen molar-refractivity contribution in [3.05, 3.63) is 0 Å². The average molecular weight is 239 g/mol. The molecule has 0 aromatic rings. The first-order valence-electron chi connectivity index (χ1n) is 7.42. The van der Waals surface area contributed by atoms with Gasteiger partial charge in [-0.1, -0.05) is 19.8 Å². The predicted octanol–water partition coefficient (Wildman–Crippen LogP) is 1.39. The van der Waals surface area contributed by atoms with E-state index in [9.17, 15) is 0 Å². The summed E-state index contributed by atoms with van der Waals surface area (Å²) in [6.07, 6.45) is 5.77. The molecule has 2 rings (SSSR count). The average Bonchev–Trinajstić information content (AvgIpc) is 3.14. The maximum absolute atomic E-state index is 5.71. The third-order valence-corrected chi connectivity index (χ3v) is 4.20. The topological polar surface area (TPSA) is 32.5 Å². The van der Waals surface area contributed by atoms with Gasteiger partial charge >= 0.3 is 0 Å². The summed E-state index contributed by atoms with van der Waals surface area (Å²) in [7, 11) is 0. The number of hydrogen-bond acceptors (Lipinski definition) is 3. The van der Waals surface area contributed by atoms with E-state index >= 15 is 0 Å². The Hall–Kier alpha value is -0.120. The van der Waals surface area contributed by atoms with Crippen molar-refractivity contribution >= 4 is 0 Å². The lowest BCUT2D eigenvalue weighted by molar-refractivity contribution is 0.232. The Morgan fingerprint density at radius 2 is 1.82 bits per heavy atom. The second kappa shape index (κ2) is 6.72. The molecule has 3 heteroatoms. The molecule has 2 aliphatic rings. The number of rotatable bonds is 6. The van der Waals surface area contributed by atoms with Crippen molar-refractivity contribution in [2.45, 2.75) is 32.6 Å². The molecule has 0 spiro atoms. The van der Waals surface area contributed by atoms with Crippen LogP contribution in [0, 0.1) is 11.8 Å². The van der Waals surface area contributed by atoms with Crippen LogP contribution in [0.25, 0.3) is 0 Å². The molecule has 0 radical (unpaired) electrons. The fourth-order valence-electron chi connectivity index (χ4n) is 2.72. The van der Waals surface area contributed by atoms with Gasteiger partial charge < -0.3 is 15.5 Å². The highest BCUT2D eigenvalue weighted by molar-refractivity contribution is 4.77. The Kier molecular flexibility index (Phi) is 5.26. The number of nitrogens with two attached hydrogens (primary N) is 1. The van der Waals surface area contributed by atoms with Crippen LogP contribution >= 0.6 is 0 Å². The van der Waals surface area contributed by atoms with Gasteiger partial charge in [0.2, 0.25) is 0 Å². The molecule has 1 aliphatic heterocycles. The van der Waals surface area contributed by atoms with E-state index in [-0.39, 0.29) is 0 Å². The highest BCUT2D eigenvalue weighted by Gasteiger charge is 2.22. The van der Waals surface area contributed by atoms with E-state index < -0.39 is 0 Å². The van der Waals surface area contributed by atoms with Gasteiger partial charge in [0.25, 0.3) is 0 Å². The van der Waals surface area contributed by atoms with E-state index in [1.807, 2.05) is 0 Å². The smallest absolute Gasteiger partial charge is 0.0109 e. The van der Waals surface area contributed by atoms with Crippen LogP contribution in [0.2, 0.25) is 0 Å². The predicted molar refractivity (Wildman–Crippen MR) is 73.1 cm³/mol. The van der Waals surface area contributed by atoms with E-state index in [2.05, 4.69) is 16.7 Å². The maximum Gasteiger partial charge on any atom is 0.0109 e. The summed E-state index contributed by atoms with van der Waals surface area (Å²) in [6, 6.07) is 0. The highest BCUT2D eigenvalue weighted by atomic mass is 15.2. The zero-order valence-electron chi connectivity index (χ0n) is 11.4. The summed E-state index contributed by atoms with van der Waals surface area (Å²) >= 11 is 0. The van der Waals surface area contributed by atoms with Gasteiger partial charge in [-0.25, -0.2) is 0 Å². The first kappa shape index (κ1) is 13.3. The van der Waals surface area contributed by atoms with Crippen LogP contribution in [0.3, 0.4) is 0 Å². The van der Waals surface area contributed by atoms with Gasteiger partial charge in [-0.05, 0) is 50.9 Å². The minimum absolute atomic E-state index is 0.646. The third-order valence-electron chi connectivity index (χ3n) is 4.20. The van der Waals surface area contributed by atoms with Crippen LogP contribution in [0.4, 0.5) is 0 Å². The van der Waals surface area contributed by atoms with Crippen LogP contribution < -0.4 is 5.73 Å². The molecule has 0 amide bonds. The monoisotopic (exact) mass is 239 g/mol. The summed E-state index contributed by atoms with van der Waals surface area (Å²) in [5.41, 5.74) is 5.71. The minimum Gasteiger partial charge on any atom is -0.330 e. The van der Waals surface area contributed by atoms with Gasteiger partial charge in [0.15, 0.2) is 0 Å². The van der Waals surface area contributed by atoms with Crippen LogP contribution in [-0.2, 0) is 0 Å². The van der Waals surface area contributed by atoms with Crippen molar-refractivity contribution in [1.29, 1.82) is 0 Å². The lowest BCUT2D eigenvalue weighted by atomic mass is 10.1. The second-order valence-corrected chi connectivity index (χ2v) is 6.07. The molecular formula is C14H29N3. The molecule has 0 bridgehead atoms. The number of nitrogens with zero attached hydrogens (tertiary/aromatic N) is 2. The largest absolute Gasteiger partial charge is 0.330 e. The van der Waals surface area contributed by atoms with Crippen molar-refractivity contribution < 1.29 is 0 Å². The second-order valence-electron chi connectivity index (χ2n) is 6.07. The van der Waals surface area contributed by atoms with Crippen molar-refractivity contribution in [1.82, 2.24) is 9.80 Å². The summed E-state index contributed by atoms with van der Waals surface area (Å²) in [4.78, 5) is 5.28. The first-order valence-corrected chi connectivity index (χ1v) is 7.42. The van der Waals surface area contributed by atoms with Crippen LogP contribution in [-0.4, -0.2) is 55.6 Å². The third kappa shape index (κ3) is 4.94. The maximum atomic E-state index is 5.71. The molecule has 17 heavy (non-hydrogen) atoms. The molecule has 1 heterocycles. The molecule has 1 saturated carbocycles. The first-order chi connectivity index (χ1) is 8.28. The van der Waals surface area contributed by atoms with Crippen LogP contribution in [0.15, 0.2) is 0 Å². The van der Waals surface area contributed by atoms with E-state index in [4.69, 9.17) is 5.73 Å². The van der Waals surface area contributed by atoms with E-state index in [0.717, 1.165) is 12.5 Å². The van der Waals surface area contributed by atoms with Crippen molar-refractivity contribution in [2.24, 2.45) is 17.6 Å². The van der Waals surface area contributed by atoms with Crippen LogP contribution in [0.1, 0.15) is 32.6 Å². The van der Waals surface area contributed by atoms with Gasteiger partial charge in [0, 0.05) is 19.6 Å². The Balaban J connectivity index is 1.64. The molecule has 1 aliphatic carbocycles. The zero-order chi connectivity index (χ0) is 12.1. The van der Waals surface area contributed by atoms with Gasteiger partial charge in [0.1, 0.15) is 0 Å². The van der Waals surface area contributed by atoms with Gasteiger partial charge in [-0.15, -0.1) is 0 Å². The molecule has 2 N–H and O–H groups in total. The van der Waals surface area contributed by atoms with E-state index in [0.29, 0.717) is 5.92 Å². The molecule has 1 saturated heterocycles. The lowest BCUT2D eigenvalue weighted by Crippen LogP contribution is -2.35. The molecule has 3 nitrogen and oxygen atoms in total. The SMILES string of the molecule is CC(CN)CN1CCCN(CCC2CC2)CC1. The summed E-state index contributed by atoms with van der Waals surface area (Å²) < 4.78 is 0. The van der Waals surface area contributed by atoms with Crippen molar-refractivity contribution in [3.8, 4) is 0 Å². The summed E-state index contributed by atoms with van der Waals surface area (Å²) in [5.74, 6) is 1.72.